The number of pyridine rings is 1. The van der Waals surface area contributed by atoms with Gasteiger partial charge in [-0.2, -0.15) is 0 Å². The van der Waals surface area contributed by atoms with Crippen LogP contribution in [0, 0.1) is 6.57 Å². The van der Waals surface area contributed by atoms with Crippen LogP contribution in [0.4, 0.5) is 5.69 Å². The van der Waals surface area contributed by atoms with Gasteiger partial charge in [0.15, 0.2) is 5.69 Å². The fraction of sp³-hybridized carbons (Fsp3) is 0. The molecule has 0 bridgehead atoms. The van der Waals surface area contributed by atoms with E-state index in [1.165, 1.54) is 0 Å². The number of hydrogen-bond acceptors (Lipinski definition) is 2. The average molecular weight is 422 g/mol. The lowest BCUT2D eigenvalue weighted by Crippen LogP contribution is -1.82. The summed E-state index contributed by atoms with van der Waals surface area (Å²) in [5, 5.41) is 2.19. The van der Waals surface area contributed by atoms with E-state index in [-0.39, 0.29) is 0 Å². The Balaban J connectivity index is 1.53. The highest BCUT2D eigenvalue weighted by atomic mass is 16.3. The molecule has 3 nitrogen and oxygen atoms in total. The molecule has 0 unspecified atom stereocenters. The van der Waals surface area contributed by atoms with Crippen LogP contribution in [0.25, 0.3) is 60.2 Å². The van der Waals surface area contributed by atoms with Crippen molar-refractivity contribution >= 4 is 27.6 Å². The largest absolute Gasteiger partial charge is 0.455 e. The molecular weight excluding hydrogens is 404 g/mol. The predicted molar refractivity (Wildman–Crippen MR) is 134 cm³/mol. The smallest absolute Gasteiger partial charge is 0.187 e. The Kier molecular flexibility index (Phi) is 4.49. The molecule has 0 saturated heterocycles. The zero-order chi connectivity index (χ0) is 22.2. The third kappa shape index (κ3) is 3.26. The molecule has 3 heteroatoms. The number of para-hydroxylation sites is 2. The third-order valence-corrected chi connectivity index (χ3v) is 6.00. The zero-order valence-electron chi connectivity index (χ0n) is 17.7. The van der Waals surface area contributed by atoms with Gasteiger partial charge in [0.05, 0.1) is 6.57 Å². The summed E-state index contributed by atoms with van der Waals surface area (Å²) in [5.74, 6) is 0. The summed E-state index contributed by atoms with van der Waals surface area (Å²) in [6.07, 6.45) is 3.65. The molecule has 0 aliphatic carbocycles. The normalized spacial score (nSPS) is 11.0. The van der Waals surface area contributed by atoms with Gasteiger partial charge in [-0.3, -0.25) is 4.98 Å². The second-order valence-electron chi connectivity index (χ2n) is 7.95. The standard InChI is InChI=1S/C30H18N2O/c1-31-24-15-13-20(14-16-24)21-6-2-7-22(18-21)25-9-3-11-27-28-12-4-10-26(30(28)33-29(25)27)23-8-5-17-32-19-23/h2-19H. The number of fused-ring (bicyclic) bond motifs is 3. The summed E-state index contributed by atoms with van der Waals surface area (Å²) in [5.41, 5.74) is 8.81. The second kappa shape index (κ2) is 7.78. The molecular formula is C30H18N2O. The number of furan rings is 1. The summed E-state index contributed by atoms with van der Waals surface area (Å²) < 4.78 is 6.54. The Hall–Kier alpha value is -4.68. The van der Waals surface area contributed by atoms with Gasteiger partial charge in [-0.15, -0.1) is 0 Å². The first-order chi connectivity index (χ1) is 16.3. The number of aromatic nitrogens is 1. The number of benzene rings is 4. The Labute approximate surface area is 191 Å². The van der Waals surface area contributed by atoms with Crippen molar-refractivity contribution in [2.45, 2.75) is 0 Å². The van der Waals surface area contributed by atoms with E-state index in [2.05, 4.69) is 76.6 Å². The third-order valence-electron chi connectivity index (χ3n) is 6.00. The minimum absolute atomic E-state index is 0.645. The van der Waals surface area contributed by atoms with E-state index in [0.717, 1.165) is 55.3 Å². The molecule has 0 aliphatic rings. The summed E-state index contributed by atoms with van der Waals surface area (Å²) in [7, 11) is 0. The maximum atomic E-state index is 7.17. The molecule has 0 saturated carbocycles. The molecule has 6 aromatic rings. The topological polar surface area (TPSA) is 30.4 Å². The van der Waals surface area contributed by atoms with Gasteiger partial charge < -0.3 is 4.42 Å². The highest BCUT2D eigenvalue weighted by molar-refractivity contribution is 6.13. The first kappa shape index (κ1) is 19.0. The van der Waals surface area contributed by atoms with E-state index in [9.17, 15) is 0 Å². The maximum Gasteiger partial charge on any atom is 0.187 e. The lowest BCUT2D eigenvalue weighted by Gasteiger charge is -2.07. The Bertz CT molecular complexity index is 1660. The molecule has 0 N–H and O–H groups in total. The first-order valence-corrected chi connectivity index (χ1v) is 10.7. The van der Waals surface area contributed by atoms with Crippen LogP contribution in [0.1, 0.15) is 0 Å². The van der Waals surface area contributed by atoms with Crippen LogP contribution in [-0.4, -0.2) is 4.98 Å². The van der Waals surface area contributed by atoms with Gasteiger partial charge in [0.25, 0.3) is 0 Å². The molecule has 0 spiro atoms. The van der Waals surface area contributed by atoms with Crippen molar-refractivity contribution in [3.63, 3.8) is 0 Å². The highest BCUT2D eigenvalue weighted by Crippen LogP contribution is 2.40. The van der Waals surface area contributed by atoms with Gasteiger partial charge in [-0.05, 0) is 28.8 Å². The molecule has 0 aliphatic heterocycles. The van der Waals surface area contributed by atoms with Crippen molar-refractivity contribution in [1.82, 2.24) is 4.98 Å². The Morgan fingerprint density at radius 3 is 1.91 bits per heavy atom. The van der Waals surface area contributed by atoms with Crippen LogP contribution < -0.4 is 0 Å². The minimum Gasteiger partial charge on any atom is -0.455 e. The number of nitrogens with zero attached hydrogens (tertiary/aromatic N) is 2. The maximum absolute atomic E-state index is 7.17. The lowest BCUT2D eigenvalue weighted by molar-refractivity contribution is 0.671. The molecule has 154 valence electrons. The summed E-state index contributed by atoms with van der Waals surface area (Å²) in [6.45, 7) is 7.17. The SMILES string of the molecule is [C-]#[N+]c1ccc(-c2cccc(-c3cccc4c3oc3c(-c5cccnc5)cccc34)c2)cc1. The van der Waals surface area contributed by atoms with E-state index in [4.69, 9.17) is 11.0 Å². The van der Waals surface area contributed by atoms with Crippen molar-refractivity contribution in [2.24, 2.45) is 0 Å². The van der Waals surface area contributed by atoms with E-state index in [1.54, 1.807) is 6.20 Å². The molecule has 33 heavy (non-hydrogen) atoms. The van der Waals surface area contributed by atoms with Gasteiger partial charge in [0, 0.05) is 39.9 Å². The summed E-state index contributed by atoms with van der Waals surface area (Å²) in [6, 6.07) is 32.7. The van der Waals surface area contributed by atoms with Crippen molar-refractivity contribution in [3.05, 3.63) is 121 Å². The predicted octanol–water partition coefficient (Wildman–Crippen LogP) is 8.53. The molecule has 0 amide bonds. The van der Waals surface area contributed by atoms with Crippen molar-refractivity contribution in [2.75, 3.05) is 0 Å². The summed E-state index contributed by atoms with van der Waals surface area (Å²) in [4.78, 5) is 7.77. The number of rotatable bonds is 3. The quantitative estimate of drug-likeness (QED) is 0.268. The second-order valence-corrected chi connectivity index (χ2v) is 7.95. The zero-order valence-corrected chi connectivity index (χ0v) is 17.7. The van der Waals surface area contributed by atoms with Crippen molar-refractivity contribution < 1.29 is 4.42 Å². The molecule has 2 heterocycles. The highest BCUT2D eigenvalue weighted by Gasteiger charge is 2.15. The summed E-state index contributed by atoms with van der Waals surface area (Å²) >= 11 is 0. The molecule has 4 aromatic carbocycles. The van der Waals surface area contributed by atoms with Crippen molar-refractivity contribution in [1.29, 1.82) is 0 Å². The van der Waals surface area contributed by atoms with Gasteiger partial charge in [-0.1, -0.05) is 84.9 Å². The molecule has 6 rings (SSSR count). The number of hydrogen-bond donors (Lipinski definition) is 0. The van der Waals surface area contributed by atoms with Crippen LogP contribution >= 0.6 is 0 Å². The fourth-order valence-corrected chi connectivity index (χ4v) is 4.39. The van der Waals surface area contributed by atoms with Crippen LogP contribution in [0.5, 0.6) is 0 Å². The lowest BCUT2D eigenvalue weighted by atomic mass is 9.97. The van der Waals surface area contributed by atoms with Crippen LogP contribution in [0.3, 0.4) is 0 Å². The van der Waals surface area contributed by atoms with Crippen LogP contribution in [0.15, 0.2) is 114 Å². The minimum atomic E-state index is 0.645. The van der Waals surface area contributed by atoms with E-state index >= 15 is 0 Å². The van der Waals surface area contributed by atoms with Gasteiger partial charge in [0.2, 0.25) is 0 Å². The monoisotopic (exact) mass is 422 g/mol. The first-order valence-electron chi connectivity index (χ1n) is 10.7. The van der Waals surface area contributed by atoms with Crippen LogP contribution in [-0.2, 0) is 0 Å². The molecule has 0 atom stereocenters. The van der Waals surface area contributed by atoms with E-state index < -0.39 is 0 Å². The van der Waals surface area contributed by atoms with Crippen LogP contribution in [0.2, 0.25) is 0 Å². The van der Waals surface area contributed by atoms with E-state index in [1.807, 2.05) is 36.5 Å². The molecule has 0 fully saturated rings. The van der Waals surface area contributed by atoms with Gasteiger partial charge in [0.1, 0.15) is 11.2 Å². The Morgan fingerprint density at radius 1 is 0.606 bits per heavy atom. The van der Waals surface area contributed by atoms with E-state index in [0.29, 0.717) is 5.69 Å². The fourth-order valence-electron chi connectivity index (χ4n) is 4.39. The molecule has 0 radical (unpaired) electrons. The molecule has 2 aromatic heterocycles. The average Bonchev–Trinajstić information content (AvgIpc) is 3.28. The van der Waals surface area contributed by atoms with Gasteiger partial charge in [-0.25, -0.2) is 4.85 Å². The Morgan fingerprint density at radius 2 is 1.24 bits per heavy atom. The van der Waals surface area contributed by atoms with Crippen molar-refractivity contribution in [3.8, 4) is 33.4 Å². The van der Waals surface area contributed by atoms with Gasteiger partial charge >= 0.3 is 0 Å².